The van der Waals surface area contributed by atoms with Crippen molar-refractivity contribution < 1.29 is 9.53 Å². The number of methoxy groups -OCH3 is 1. The van der Waals surface area contributed by atoms with E-state index in [2.05, 4.69) is 27.0 Å². The minimum absolute atomic E-state index is 0.244. The molecule has 100 valence electrons. The van der Waals surface area contributed by atoms with Gasteiger partial charge in [-0.05, 0) is 33.0 Å². The molecule has 2 heterocycles. The van der Waals surface area contributed by atoms with E-state index in [0.717, 1.165) is 36.8 Å². The molecule has 18 heavy (non-hydrogen) atoms. The van der Waals surface area contributed by atoms with Crippen molar-refractivity contribution in [1.82, 2.24) is 9.88 Å². The number of nitrogens with one attached hydrogen (secondary N) is 1. The second-order valence-corrected chi connectivity index (χ2v) is 5.48. The Morgan fingerprint density at radius 2 is 2.33 bits per heavy atom. The van der Waals surface area contributed by atoms with Gasteiger partial charge in [0.15, 0.2) is 5.13 Å². The van der Waals surface area contributed by atoms with Gasteiger partial charge in [-0.2, -0.15) is 0 Å². The topological polar surface area (TPSA) is 54.5 Å². The Morgan fingerprint density at radius 1 is 1.61 bits per heavy atom. The Bertz CT molecular complexity index is 400. The van der Waals surface area contributed by atoms with Gasteiger partial charge >= 0.3 is 5.97 Å². The zero-order valence-corrected chi connectivity index (χ0v) is 11.6. The van der Waals surface area contributed by atoms with E-state index in [4.69, 9.17) is 0 Å². The Kier molecular flexibility index (Phi) is 4.54. The average molecular weight is 269 g/mol. The molecule has 6 heteroatoms. The molecule has 5 nitrogen and oxygen atoms in total. The fourth-order valence-electron chi connectivity index (χ4n) is 2.00. The van der Waals surface area contributed by atoms with E-state index in [1.807, 2.05) is 5.38 Å². The molecule has 0 aromatic carbocycles. The number of hydrogen-bond donors (Lipinski definition) is 1. The molecule has 0 spiro atoms. The van der Waals surface area contributed by atoms with Crippen LogP contribution in [-0.2, 0) is 16.0 Å². The maximum atomic E-state index is 11.1. The molecule has 1 fully saturated rings. The molecule has 0 unspecified atom stereocenters. The molecule has 1 aliphatic rings. The van der Waals surface area contributed by atoms with Crippen molar-refractivity contribution in [2.45, 2.75) is 25.3 Å². The van der Waals surface area contributed by atoms with Crippen LogP contribution in [0.2, 0.25) is 0 Å². The first-order valence-electron chi connectivity index (χ1n) is 6.13. The van der Waals surface area contributed by atoms with Gasteiger partial charge in [-0.1, -0.05) is 0 Å². The Morgan fingerprint density at radius 3 is 3.00 bits per heavy atom. The van der Waals surface area contributed by atoms with Gasteiger partial charge in [0.25, 0.3) is 0 Å². The Balaban J connectivity index is 1.84. The zero-order valence-electron chi connectivity index (χ0n) is 10.8. The summed E-state index contributed by atoms with van der Waals surface area (Å²) in [5, 5.41) is 6.26. The normalized spacial score (nSPS) is 17.7. The summed E-state index contributed by atoms with van der Waals surface area (Å²) < 4.78 is 4.62. The van der Waals surface area contributed by atoms with Crippen LogP contribution in [0.3, 0.4) is 0 Å². The molecular formula is C12H19N3O2S. The summed E-state index contributed by atoms with van der Waals surface area (Å²) in [7, 11) is 3.54. The predicted octanol–water partition coefficient (Wildman–Crippen LogP) is 1.36. The SMILES string of the molecule is COC(=O)Cc1csc(NC2CCN(C)CC2)n1. The van der Waals surface area contributed by atoms with Crippen LogP contribution in [0.15, 0.2) is 5.38 Å². The van der Waals surface area contributed by atoms with Crippen molar-refractivity contribution >= 4 is 22.4 Å². The average Bonchev–Trinajstić information content (AvgIpc) is 2.79. The lowest BCUT2D eigenvalue weighted by Gasteiger charge is -2.29. The smallest absolute Gasteiger partial charge is 0.311 e. The van der Waals surface area contributed by atoms with Gasteiger partial charge in [0.2, 0.25) is 0 Å². The number of esters is 1. The number of carbonyl (C=O) groups excluding carboxylic acids is 1. The van der Waals surface area contributed by atoms with Crippen LogP contribution in [0.4, 0.5) is 5.13 Å². The molecule has 0 aliphatic carbocycles. The number of hydrogen-bond acceptors (Lipinski definition) is 6. The van der Waals surface area contributed by atoms with Crippen LogP contribution >= 0.6 is 11.3 Å². The number of thiazole rings is 1. The number of aromatic nitrogens is 1. The first-order valence-corrected chi connectivity index (χ1v) is 7.01. The summed E-state index contributed by atoms with van der Waals surface area (Å²) in [6, 6.07) is 0.498. The van der Waals surface area contributed by atoms with Crippen LogP contribution in [0.25, 0.3) is 0 Å². The zero-order chi connectivity index (χ0) is 13.0. The lowest BCUT2D eigenvalue weighted by Crippen LogP contribution is -2.36. The van der Waals surface area contributed by atoms with Gasteiger partial charge in [0.1, 0.15) is 0 Å². The predicted molar refractivity (Wildman–Crippen MR) is 72.0 cm³/mol. The monoisotopic (exact) mass is 269 g/mol. The number of ether oxygens (including phenoxy) is 1. The van der Waals surface area contributed by atoms with Crippen LogP contribution in [-0.4, -0.2) is 49.1 Å². The van der Waals surface area contributed by atoms with Crippen LogP contribution in [0.5, 0.6) is 0 Å². The maximum absolute atomic E-state index is 11.1. The third-order valence-corrected chi connectivity index (χ3v) is 3.97. The van der Waals surface area contributed by atoms with E-state index in [0.29, 0.717) is 6.04 Å². The van der Waals surface area contributed by atoms with Crippen LogP contribution in [0, 0.1) is 0 Å². The van der Waals surface area contributed by atoms with Gasteiger partial charge in [-0.3, -0.25) is 4.79 Å². The summed E-state index contributed by atoms with van der Waals surface area (Å²) >= 11 is 1.55. The fourth-order valence-corrected chi connectivity index (χ4v) is 2.79. The number of nitrogens with zero attached hydrogens (tertiary/aromatic N) is 2. The van der Waals surface area contributed by atoms with Crippen molar-refractivity contribution in [3.63, 3.8) is 0 Å². The molecule has 1 aromatic heterocycles. The van der Waals surface area contributed by atoms with Crippen molar-refractivity contribution in [3.8, 4) is 0 Å². The third-order valence-electron chi connectivity index (χ3n) is 3.15. The minimum Gasteiger partial charge on any atom is -0.469 e. The highest BCUT2D eigenvalue weighted by molar-refractivity contribution is 7.13. The molecule has 0 bridgehead atoms. The number of likely N-dealkylation sites (tertiary alicyclic amines) is 1. The molecule has 2 rings (SSSR count). The molecule has 0 radical (unpaired) electrons. The number of piperidine rings is 1. The summed E-state index contributed by atoms with van der Waals surface area (Å²) in [6.45, 7) is 2.25. The molecule has 0 atom stereocenters. The molecule has 1 aliphatic heterocycles. The molecule has 0 saturated carbocycles. The van der Waals surface area contributed by atoms with Gasteiger partial charge in [-0.15, -0.1) is 11.3 Å². The minimum atomic E-state index is -0.244. The van der Waals surface area contributed by atoms with Gasteiger partial charge in [-0.25, -0.2) is 4.98 Å². The van der Waals surface area contributed by atoms with Gasteiger partial charge < -0.3 is 15.0 Å². The van der Waals surface area contributed by atoms with Crippen LogP contribution < -0.4 is 5.32 Å². The highest BCUT2D eigenvalue weighted by Crippen LogP contribution is 2.20. The largest absolute Gasteiger partial charge is 0.469 e. The first kappa shape index (κ1) is 13.3. The fraction of sp³-hybridized carbons (Fsp3) is 0.667. The lowest BCUT2D eigenvalue weighted by atomic mass is 10.1. The first-order chi connectivity index (χ1) is 8.67. The lowest BCUT2D eigenvalue weighted by molar-refractivity contribution is -0.139. The summed E-state index contributed by atoms with van der Waals surface area (Å²) in [5.74, 6) is -0.244. The number of carbonyl (C=O) groups is 1. The number of rotatable bonds is 4. The summed E-state index contributed by atoms with van der Waals surface area (Å²) in [4.78, 5) is 17.9. The molecular weight excluding hydrogens is 250 g/mol. The van der Waals surface area contributed by atoms with Crippen molar-refractivity contribution in [1.29, 1.82) is 0 Å². The standard InChI is InChI=1S/C12H19N3O2S/c1-15-5-3-9(4-6-15)13-12-14-10(8-18-12)7-11(16)17-2/h8-9H,3-7H2,1-2H3,(H,13,14). The van der Waals surface area contributed by atoms with E-state index in [1.54, 1.807) is 11.3 Å². The van der Waals surface area contributed by atoms with E-state index in [1.165, 1.54) is 7.11 Å². The van der Waals surface area contributed by atoms with Gasteiger partial charge in [0.05, 0.1) is 19.2 Å². The van der Waals surface area contributed by atoms with Gasteiger partial charge in [0, 0.05) is 11.4 Å². The van der Waals surface area contributed by atoms with E-state index in [9.17, 15) is 4.79 Å². The maximum Gasteiger partial charge on any atom is 0.311 e. The van der Waals surface area contributed by atoms with E-state index < -0.39 is 0 Å². The summed E-state index contributed by atoms with van der Waals surface area (Å²) in [6.07, 6.45) is 2.53. The van der Waals surface area contributed by atoms with Crippen molar-refractivity contribution in [2.75, 3.05) is 32.6 Å². The molecule has 1 N–H and O–H groups in total. The highest BCUT2D eigenvalue weighted by Gasteiger charge is 2.17. The van der Waals surface area contributed by atoms with E-state index >= 15 is 0 Å². The second kappa shape index (κ2) is 6.15. The highest BCUT2D eigenvalue weighted by atomic mass is 32.1. The summed E-state index contributed by atoms with van der Waals surface area (Å²) in [5.41, 5.74) is 0.780. The molecule has 0 amide bonds. The van der Waals surface area contributed by atoms with Crippen molar-refractivity contribution in [2.24, 2.45) is 0 Å². The third kappa shape index (κ3) is 3.68. The molecule has 1 saturated heterocycles. The Labute approximate surface area is 111 Å². The number of anilines is 1. The van der Waals surface area contributed by atoms with Crippen molar-refractivity contribution in [3.05, 3.63) is 11.1 Å². The molecule has 1 aromatic rings. The van der Waals surface area contributed by atoms with Crippen LogP contribution in [0.1, 0.15) is 18.5 Å². The Hall–Kier alpha value is -1.14. The second-order valence-electron chi connectivity index (χ2n) is 4.62. The quantitative estimate of drug-likeness (QED) is 0.837. The van der Waals surface area contributed by atoms with E-state index in [-0.39, 0.29) is 12.4 Å².